The number of nitrogens with zero attached hydrogens (tertiary/aromatic N) is 2. The van der Waals surface area contributed by atoms with Gasteiger partial charge in [-0.3, -0.25) is 19.8 Å². The number of hydrogen-bond acceptors (Lipinski definition) is 7. The van der Waals surface area contributed by atoms with Gasteiger partial charge in [-0.05, 0) is 36.8 Å². The van der Waals surface area contributed by atoms with E-state index in [9.17, 15) is 14.9 Å². The molecule has 1 heterocycles. The average Bonchev–Trinajstić information content (AvgIpc) is 2.79. The van der Waals surface area contributed by atoms with Gasteiger partial charge in [0, 0.05) is 43.2 Å². The fourth-order valence-electron chi connectivity index (χ4n) is 3.10. The van der Waals surface area contributed by atoms with Crippen LogP contribution in [0.3, 0.4) is 0 Å². The zero-order chi connectivity index (χ0) is 22.1. The van der Waals surface area contributed by atoms with E-state index in [0.717, 1.165) is 49.1 Å². The molecule has 0 aliphatic carbocycles. The smallest absolute Gasteiger partial charge is 0.269 e. The molecule has 2 aromatic rings. The number of nitrogens with one attached hydrogen (secondary N) is 1. The highest BCUT2D eigenvalue weighted by Crippen LogP contribution is 2.25. The van der Waals surface area contributed by atoms with Crippen LogP contribution < -0.4 is 10.1 Å². The predicted octanol–water partition coefficient (Wildman–Crippen LogP) is 3.10. The molecule has 0 saturated carbocycles. The number of ether oxygens (including phenoxy) is 2. The molecule has 8 nitrogen and oxygen atoms in total. The van der Waals surface area contributed by atoms with Gasteiger partial charge >= 0.3 is 0 Å². The summed E-state index contributed by atoms with van der Waals surface area (Å²) in [5, 5.41) is 13.3. The molecule has 1 fully saturated rings. The van der Waals surface area contributed by atoms with Gasteiger partial charge in [0.1, 0.15) is 12.4 Å². The standard InChI is InChI=1S/C22H27N3O5S/c1-17(31-21-7-5-19(6-8-21)25(27)28)22(26)23-16-18-3-2-4-20(15-18)30-14-11-24-9-12-29-13-10-24/h2-8,15,17H,9-14,16H2,1H3,(H,23,26). The van der Waals surface area contributed by atoms with E-state index in [4.69, 9.17) is 9.47 Å². The summed E-state index contributed by atoms with van der Waals surface area (Å²) in [6.45, 7) is 7.11. The number of benzene rings is 2. The van der Waals surface area contributed by atoms with E-state index in [2.05, 4.69) is 10.2 Å². The summed E-state index contributed by atoms with van der Waals surface area (Å²) in [5.74, 6) is 0.690. The summed E-state index contributed by atoms with van der Waals surface area (Å²) in [4.78, 5) is 25.9. The largest absolute Gasteiger partial charge is 0.492 e. The molecule has 0 spiro atoms. The number of carbonyl (C=O) groups is 1. The number of amides is 1. The van der Waals surface area contributed by atoms with Crippen LogP contribution in [0.5, 0.6) is 5.75 Å². The van der Waals surface area contributed by atoms with Crippen LogP contribution in [-0.2, 0) is 16.1 Å². The Kier molecular flexibility index (Phi) is 8.69. The Morgan fingerprint density at radius 2 is 2.00 bits per heavy atom. The molecule has 1 aliphatic rings. The van der Waals surface area contributed by atoms with Gasteiger partial charge in [-0.15, -0.1) is 11.8 Å². The second-order valence-electron chi connectivity index (χ2n) is 7.18. The van der Waals surface area contributed by atoms with Crippen molar-refractivity contribution in [2.24, 2.45) is 0 Å². The van der Waals surface area contributed by atoms with Crippen molar-refractivity contribution >= 4 is 23.4 Å². The second kappa shape index (κ2) is 11.7. The number of rotatable bonds is 10. The normalized spacial score (nSPS) is 15.3. The lowest BCUT2D eigenvalue weighted by Crippen LogP contribution is -2.38. The summed E-state index contributed by atoms with van der Waals surface area (Å²) in [6, 6.07) is 13.9. The molecule has 166 valence electrons. The van der Waals surface area contributed by atoms with Crippen molar-refractivity contribution in [3.05, 3.63) is 64.2 Å². The summed E-state index contributed by atoms with van der Waals surface area (Å²) in [6.07, 6.45) is 0. The number of hydrogen-bond donors (Lipinski definition) is 1. The van der Waals surface area contributed by atoms with E-state index in [1.54, 1.807) is 12.1 Å². The van der Waals surface area contributed by atoms with Gasteiger partial charge in [0.15, 0.2) is 0 Å². The minimum absolute atomic E-state index is 0.0356. The Bertz CT molecular complexity index is 872. The number of nitro benzene ring substituents is 1. The summed E-state index contributed by atoms with van der Waals surface area (Å²) >= 11 is 1.36. The summed E-state index contributed by atoms with van der Waals surface area (Å²) in [7, 11) is 0. The Morgan fingerprint density at radius 3 is 2.71 bits per heavy atom. The lowest BCUT2D eigenvalue weighted by Gasteiger charge is -2.26. The van der Waals surface area contributed by atoms with Crippen LogP contribution in [0.1, 0.15) is 12.5 Å². The van der Waals surface area contributed by atoms with Crippen molar-refractivity contribution in [3.8, 4) is 5.75 Å². The Hall–Kier alpha value is -2.62. The minimum Gasteiger partial charge on any atom is -0.492 e. The fraction of sp³-hybridized carbons (Fsp3) is 0.409. The number of morpholine rings is 1. The van der Waals surface area contributed by atoms with Crippen molar-refractivity contribution in [1.82, 2.24) is 10.2 Å². The molecule has 2 aromatic carbocycles. The second-order valence-corrected chi connectivity index (χ2v) is 8.59. The molecule has 31 heavy (non-hydrogen) atoms. The van der Waals surface area contributed by atoms with E-state index in [1.165, 1.54) is 23.9 Å². The molecular weight excluding hydrogens is 418 g/mol. The van der Waals surface area contributed by atoms with E-state index in [0.29, 0.717) is 13.2 Å². The van der Waals surface area contributed by atoms with Gasteiger partial charge in [0.25, 0.3) is 5.69 Å². The molecule has 0 aromatic heterocycles. The van der Waals surface area contributed by atoms with Crippen molar-refractivity contribution in [1.29, 1.82) is 0 Å². The monoisotopic (exact) mass is 445 g/mol. The third-order valence-corrected chi connectivity index (χ3v) is 5.99. The number of non-ortho nitro benzene ring substituents is 1. The van der Waals surface area contributed by atoms with Gasteiger partial charge in [0.05, 0.1) is 23.4 Å². The van der Waals surface area contributed by atoms with E-state index in [-0.39, 0.29) is 16.8 Å². The molecule has 1 amide bonds. The molecule has 1 unspecified atom stereocenters. The topological polar surface area (TPSA) is 93.9 Å². The maximum Gasteiger partial charge on any atom is 0.269 e. The molecular formula is C22H27N3O5S. The third-order valence-electron chi connectivity index (χ3n) is 4.87. The fourth-order valence-corrected chi connectivity index (χ4v) is 3.99. The number of nitro groups is 1. The van der Waals surface area contributed by atoms with Gasteiger partial charge in [-0.2, -0.15) is 0 Å². The van der Waals surface area contributed by atoms with Crippen LogP contribution >= 0.6 is 11.8 Å². The molecule has 3 rings (SSSR count). The van der Waals surface area contributed by atoms with Crippen LogP contribution in [-0.4, -0.2) is 60.4 Å². The SMILES string of the molecule is CC(Sc1ccc([N+](=O)[O-])cc1)C(=O)NCc1cccc(OCCN2CCOCC2)c1. The van der Waals surface area contributed by atoms with E-state index in [1.807, 2.05) is 31.2 Å². The minimum atomic E-state index is -0.439. The molecule has 0 bridgehead atoms. The number of thioether (sulfide) groups is 1. The predicted molar refractivity (Wildman–Crippen MR) is 119 cm³/mol. The zero-order valence-corrected chi connectivity index (χ0v) is 18.3. The van der Waals surface area contributed by atoms with Crippen molar-refractivity contribution in [2.45, 2.75) is 23.6 Å². The average molecular weight is 446 g/mol. The lowest BCUT2D eigenvalue weighted by molar-refractivity contribution is -0.384. The van der Waals surface area contributed by atoms with Crippen LogP contribution in [0, 0.1) is 10.1 Å². The van der Waals surface area contributed by atoms with Crippen LogP contribution in [0.25, 0.3) is 0 Å². The highest BCUT2D eigenvalue weighted by atomic mass is 32.2. The first kappa shape index (κ1) is 23.1. The Balaban J connectivity index is 1.42. The third kappa shape index (κ3) is 7.54. The first-order chi connectivity index (χ1) is 15.0. The van der Waals surface area contributed by atoms with Gasteiger partial charge in [0.2, 0.25) is 5.91 Å². The van der Waals surface area contributed by atoms with Gasteiger partial charge in [-0.1, -0.05) is 12.1 Å². The first-order valence-electron chi connectivity index (χ1n) is 10.2. The van der Waals surface area contributed by atoms with Crippen molar-refractivity contribution in [3.63, 3.8) is 0 Å². The Morgan fingerprint density at radius 1 is 1.26 bits per heavy atom. The van der Waals surface area contributed by atoms with Gasteiger partial charge < -0.3 is 14.8 Å². The quantitative estimate of drug-likeness (QED) is 0.341. The molecule has 1 N–H and O–H groups in total. The van der Waals surface area contributed by atoms with E-state index < -0.39 is 4.92 Å². The number of carbonyl (C=O) groups excluding carboxylic acids is 1. The maximum absolute atomic E-state index is 12.4. The van der Waals surface area contributed by atoms with Crippen LogP contribution in [0.4, 0.5) is 5.69 Å². The Labute approximate surface area is 186 Å². The molecule has 0 radical (unpaired) electrons. The van der Waals surface area contributed by atoms with Gasteiger partial charge in [-0.25, -0.2) is 0 Å². The highest BCUT2D eigenvalue weighted by Gasteiger charge is 2.15. The maximum atomic E-state index is 12.4. The molecule has 1 saturated heterocycles. The molecule has 9 heteroatoms. The van der Waals surface area contributed by atoms with Crippen LogP contribution in [0.2, 0.25) is 0 Å². The molecule has 1 aliphatic heterocycles. The first-order valence-corrected chi connectivity index (χ1v) is 11.1. The summed E-state index contributed by atoms with van der Waals surface area (Å²) in [5.41, 5.74) is 0.998. The van der Waals surface area contributed by atoms with Crippen molar-refractivity contribution < 1.29 is 19.2 Å². The van der Waals surface area contributed by atoms with E-state index >= 15 is 0 Å². The highest BCUT2D eigenvalue weighted by molar-refractivity contribution is 8.00. The van der Waals surface area contributed by atoms with Crippen molar-refractivity contribution in [2.75, 3.05) is 39.5 Å². The molecule has 1 atom stereocenters. The lowest BCUT2D eigenvalue weighted by atomic mass is 10.2. The zero-order valence-electron chi connectivity index (χ0n) is 17.5. The summed E-state index contributed by atoms with van der Waals surface area (Å²) < 4.78 is 11.2. The van der Waals surface area contributed by atoms with Crippen LogP contribution in [0.15, 0.2) is 53.4 Å².